The van der Waals surface area contributed by atoms with Gasteiger partial charge in [0.25, 0.3) is 0 Å². The van der Waals surface area contributed by atoms with Crippen LogP contribution in [0.15, 0.2) is 24.3 Å². The second-order valence-corrected chi connectivity index (χ2v) is 3.81. The molecule has 0 aliphatic heterocycles. The van der Waals surface area contributed by atoms with E-state index >= 15 is 0 Å². The maximum Gasteiger partial charge on any atom is 0.119 e. The summed E-state index contributed by atoms with van der Waals surface area (Å²) in [6.45, 7) is 5.72. The lowest BCUT2D eigenvalue weighted by Gasteiger charge is -2.07. The van der Waals surface area contributed by atoms with Gasteiger partial charge in [-0.1, -0.05) is 26.2 Å². The molecular weight excluding hydrogens is 228 g/mol. The van der Waals surface area contributed by atoms with E-state index in [1.54, 1.807) is 0 Å². The number of unbranched alkanes of at least 4 members (excludes halogenated alkanes) is 3. The van der Waals surface area contributed by atoms with E-state index in [-0.39, 0.29) is 0 Å². The minimum atomic E-state index is 0.706. The van der Waals surface area contributed by atoms with Crippen LogP contribution < -0.4 is 9.47 Å². The summed E-state index contributed by atoms with van der Waals surface area (Å²) in [7, 11) is 1.00. The fourth-order valence-corrected chi connectivity index (χ4v) is 1.52. The van der Waals surface area contributed by atoms with Crippen LogP contribution in [0.5, 0.6) is 11.5 Å². The highest BCUT2D eigenvalue weighted by molar-refractivity contribution is 5.31. The molecule has 0 heterocycles. The summed E-state index contributed by atoms with van der Waals surface area (Å²) in [5, 5.41) is 7.00. The van der Waals surface area contributed by atoms with E-state index in [1.165, 1.54) is 19.3 Å². The van der Waals surface area contributed by atoms with E-state index in [0.29, 0.717) is 6.61 Å². The second kappa shape index (κ2) is 12.2. The third-order valence-corrected chi connectivity index (χ3v) is 2.40. The molecule has 0 aliphatic rings. The Balaban J connectivity index is 0.00000137. The molecule has 1 N–H and O–H groups in total. The minimum Gasteiger partial charge on any atom is -0.494 e. The number of hydrogen-bond donors (Lipinski definition) is 1. The molecule has 0 fully saturated rings. The van der Waals surface area contributed by atoms with Crippen molar-refractivity contribution < 1.29 is 14.6 Å². The van der Waals surface area contributed by atoms with Gasteiger partial charge < -0.3 is 14.6 Å². The third-order valence-electron chi connectivity index (χ3n) is 2.40. The van der Waals surface area contributed by atoms with Gasteiger partial charge in [0.05, 0.1) is 13.2 Å². The average molecular weight is 254 g/mol. The zero-order valence-corrected chi connectivity index (χ0v) is 11.8. The minimum absolute atomic E-state index is 0.706. The van der Waals surface area contributed by atoms with Crippen LogP contribution in [0.2, 0.25) is 0 Å². The molecule has 18 heavy (non-hydrogen) atoms. The molecule has 0 atom stereocenters. The quantitative estimate of drug-likeness (QED) is 0.720. The first-order valence-corrected chi connectivity index (χ1v) is 6.67. The molecular formula is C15H26O3. The van der Waals surface area contributed by atoms with Gasteiger partial charge in [0.15, 0.2) is 0 Å². The summed E-state index contributed by atoms with van der Waals surface area (Å²) in [5.74, 6) is 1.83. The first-order chi connectivity index (χ1) is 8.86. The van der Waals surface area contributed by atoms with Crippen LogP contribution in [0.1, 0.15) is 39.5 Å². The van der Waals surface area contributed by atoms with Gasteiger partial charge >= 0.3 is 0 Å². The van der Waals surface area contributed by atoms with Crippen molar-refractivity contribution in [1.82, 2.24) is 0 Å². The van der Waals surface area contributed by atoms with Gasteiger partial charge in [-0.15, -0.1) is 0 Å². The van der Waals surface area contributed by atoms with Crippen molar-refractivity contribution in [2.24, 2.45) is 0 Å². The maximum atomic E-state index is 7.00. The van der Waals surface area contributed by atoms with E-state index in [0.717, 1.165) is 31.6 Å². The summed E-state index contributed by atoms with van der Waals surface area (Å²) in [5.41, 5.74) is 0. The van der Waals surface area contributed by atoms with Gasteiger partial charge in [0, 0.05) is 7.11 Å². The monoisotopic (exact) mass is 254 g/mol. The molecule has 1 aromatic rings. The second-order valence-electron chi connectivity index (χ2n) is 3.81. The lowest BCUT2D eigenvalue weighted by Crippen LogP contribution is -1.97. The van der Waals surface area contributed by atoms with Crippen LogP contribution in [0.3, 0.4) is 0 Å². The highest BCUT2D eigenvalue weighted by Gasteiger charge is 1.95. The van der Waals surface area contributed by atoms with Crippen LogP contribution in [0.25, 0.3) is 0 Å². The van der Waals surface area contributed by atoms with Crippen molar-refractivity contribution in [2.75, 3.05) is 20.3 Å². The van der Waals surface area contributed by atoms with Crippen molar-refractivity contribution in [3.05, 3.63) is 24.3 Å². The Labute approximate surface area is 111 Å². The maximum absolute atomic E-state index is 7.00. The van der Waals surface area contributed by atoms with Gasteiger partial charge in [-0.05, 0) is 37.6 Å². The SMILES string of the molecule is CCCCCCOc1ccc(OCC)cc1.CO. The fourth-order valence-electron chi connectivity index (χ4n) is 1.52. The van der Waals surface area contributed by atoms with Crippen LogP contribution in [0, 0.1) is 0 Å². The molecule has 0 saturated carbocycles. The molecule has 0 aromatic heterocycles. The molecule has 104 valence electrons. The Bertz CT molecular complexity index is 270. The summed E-state index contributed by atoms with van der Waals surface area (Å²) < 4.78 is 11.0. The van der Waals surface area contributed by atoms with E-state index in [1.807, 2.05) is 31.2 Å². The highest BCUT2D eigenvalue weighted by atomic mass is 16.5. The van der Waals surface area contributed by atoms with E-state index < -0.39 is 0 Å². The van der Waals surface area contributed by atoms with Crippen molar-refractivity contribution >= 4 is 0 Å². The van der Waals surface area contributed by atoms with Gasteiger partial charge in [0.1, 0.15) is 11.5 Å². The molecule has 0 unspecified atom stereocenters. The predicted octanol–water partition coefficient (Wildman–Crippen LogP) is 3.65. The number of rotatable bonds is 8. The molecule has 3 nitrogen and oxygen atoms in total. The van der Waals surface area contributed by atoms with Crippen molar-refractivity contribution in [2.45, 2.75) is 39.5 Å². The van der Waals surface area contributed by atoms with Crippen molar-refractivity contribution in [3.8, 4) is 11.5 Å². The molecule has 0 aliphatic carbocycles. The van der Waals surface area contributed by atoms with Gasteiger partial charge in [-0.25, -0.2) is 0 Å². The molecule has 3 heteroatoms. The lowest BCUT2D eigenvalue weighted by molar-refractivity contribution is 0.303. The molecule has 1 aromatic carbocycles. The smallest absolute Gasteiger partial charge is 0.119 e. The molecule has 0 spiro atoms. The molecule has 0 bridgehead atoms. The zero-order chi connectivity index (χ0) is 13.6. The Morgan fingerprint density at radius 3 is 1.89 bits per heavy atom. The number of benzene rings is 1. The summed E-state index contributed by atoms with van der Waals surface area (Å²) >= 11 is 0. The number of aliphatic hydroxyl groups excluding tert-OH is 1. The third kappa shape index (κ3) is 7.96. The van der Waals surface area contributed by atoms with Gasteiger partial charge in [0.2, 0.25) is 0 Å². The van der Waals surface area contributed by atoms with E-state index in [2.05, 4.69) is 6.92 Å². The van der Waals surface area contributed by atoms with Crippen LogP contribution in [-0.4, -0.2) is 25.4 Å². The van der Waals surface area contributed by atoms with Crippen LogP contribution in [0.4, 0.5) is 0 Å². The highest BCUT2D eigenvalue weighted by Crippen LogP contribution is 2.17. The normalized spacial score (nSPS) is 9.33. The lowest BCUT2D eigenvalue weighted by atomic mass is 10.2. The van der Waals surface area contributed by atoms with Crippen LogP contribution in [-0.2, 0) is 0 Å². The Kier molecular flexibility index (Phi) is 11.4. The zero-order valence-electron chi connectivity index (χ0n) is 11.8. The summed E-state index contributed by atoms with van der Waals surface area (Å²) in [6.07, 6.45) is 4.96. The molecule has 1 rings (SSSR count). The Morgan fingerprint density at radius 2 is 1.39 bits per heavy atom. The van der Waals surface area contributed by atoms with Crippen molar-refractivity contribution in [3.63, 3.8) is 0 Å². The molecule has 0 saturated heterocycles. The molecule has 0 radical (unpaired) electrons. The molecule has 0 amide bonds. The summed E-state index contributed by atoms with van der Waals surface area (Å²) in [6, 6.07) is 7.82. The Hall–Kier alpha value is -1.22. The van der Waals surface area contributed by atoms with E-state index in [9.17, 15) is 0 Å². The Morgan fingerprint density at radius 1 is 0.833 bits per heavy atom. The first-order valence-electron chi connectivity index (χ1n) is 6.67. The average Bonchev–Trinajstić information content (AvgIpc) is 2.43. The largest absolute Gasteiger partial charge is 0.494 e. The van der Waals surface area contributed by atoms with E-state index in [4.69, 9.17) is 14.6 Å². The predicted molar refractivity (Wildman–Crippen MR) is 75.4 cm³/mol. The van der Waals surface area contributed by atoms with Gasteiger partial charge in [-0.3, -0.25) is 0 Å². The fraction of sp³-hybridized carbons (Fsp3) is 0.600. The number of ether oxygens (including phenoxy) is 2. The first kappa shape index (κ1) is 16.8. The van der Waals surface area contributed by atoms with Crippen LogP contribution >= 0.6 is 0 Å². The van der Waals surface area contributed by atoms with Crippen molar-refractivity contribution in [1.29, 1.82) is 0 Å². The summed E-state index contributed by atoms with van der Waals surface area (Å²) in [4.78, 5) is 0. The van der Waals surface area contributed by atoms with Gasteiger partial charge in [-0.2, -0.15) is 0 Å². The number of hydrogen-bond acceptors (Lipinski definition) is 3. The number of aliphatic hydroxyl groups is 1. The topological polar surface area (TPSA) is 38.7 Å². The standard InChI is InChI=1S/C14H22O2.CH4O/c1-3-5-6-7-12-16-14-10-8-13(9-11-14)15-4-2;1-2/h8-11H,3-7,12H2,1-2H3;2H,1H3.